The number of hydrogen-bond acceptors (Lipinski definition) is 4. The van der Waals surface area contributed by atoms with E-state index in [1.807, 2.05) is 32.0 Å². The highest BCUT2D eigenvalue weighted by Crippen LogP contribution is 2.27. The van der Waals surface area contributed by atoms with Gasteiger partial charge in [0.05, 0.1) is 0 Å². The Morgan fingerprint density at radius 3 is 2.60 bits per heavy atom. The lowest BCUT2D eigenvalue weighted by atomic mass is 10.1. The van der Waals surface area contributed by atoms with E-state index in [1.54, 1.807) is 0 Å². The standard InChI is InChI=1S/C12H13BrClN3O2S/c1-3-6-17-11(15-16-12(17)20(14,18)19)9-5-4-8(2)10(13)7-9/h4-5,7H,3,6H2,1-2H3. The van der Waals surface area contributed by atoms with Crippen LogP contribution in [-0.4, -0.2) is 23.2 Å². The number of hydrogen-bond donors (Lipinski definition) is 0. The minimum Gasteiger partial charge on any atom is -0.297 e. The maximum atomic E-state index is 11.5. The van der Waals surface area contributed by atoms with E-state index in [0.717, 1.165) is 22.0 Å². The number of benzene rings is 1. The van der Waals surface area contributed by atoms with Gasteiger partial charge < -0.3 is 0 Å². The highest BCUT2D eigenvalue weighted by molar-refractivity contribution is 9.10. The highest BCUT2D eigenvalue weighted by Gasteiger charge is 2.23. The van der Waals surface area contributed by atoms with Crippen LogP contribution in [0.1, 0.15) is 18.9 Å². The van der Waals surface area contributed by atoms with E-state index in [1.165, 1.54) is 4.57 Å². The third-order valence-electron chi connectivity index (χ3n) is 2.81. The van der Waals surface area contributed by atoms with E-state index in [0.29, 0.717) is 12.4 Å². The minimum absolute atomic E-state index is 0.215. The predicted octanol–water partition coefficient (Wildman–Crippen LogP) is 3.35. The Morgan fingerprint density at radius 2 is 2.05 bits per heavy atom. The van der Waals surface area contributed by atoms with Crippen molar-refractivity contribution in [2.75, 3.05) is 0 Å². The summed E-state index contributed by atoms with van der Waals surface area (Å²) in [7, 11) is 1.49. The molecule has 1 aromatic heterocycles. The second kappa shape index (κ2) is 5.83. The van der Waals surface area contributed by atoms with Crippen molar-refractivity contribution in [2.24, 2.45) is 0 Å². The van der Waals surface area contributed by atoms with Crippen LogP contribution in [0.25, 0.3) is 11.4 Å². The van der Waals surface area contributed by atoms with Crippen LogP contribution < -0.4 is 0 Å². The van der Waals surface area contributed by atoms with Gasteiger partial charge in [0, 0.05) is 27.3 Å². The van der Waals surface area contributed by atoms with Crippen molar-refractivity contribution in [1.82, 2.24) is 14.8 Å². The van der Waals surface area contributed by atoms with E-state index in [4.69, 9.17) is 10.7 Å². The fourth-order valence-electron chi connectivity index (χ4n) is 1.84. The summed E-state index contributed by atoms with van der Waals surface area (Å²) in [5.41, 5.74) is 1.87. The summed E-state index contributed by atoms with van der Waals surface area (Å²) in [4.78, 5) is 0. The summed E-state index contributed by atoms with van der Waals surface area (Å²) >= 11 is 3.45. The first-order chi connectivity index (χ1) is 9.34. The van der Waals surface area contributed by atoms with Crippen molar-refractivity contribution in [2.45, 2.75) is 32.0 Å². The van der Waals surface area contributed by atoms with Crippen LogP contribution in [0.15, 0.2) is 27.8 Å². The van der Waals surface area contributed by atoms with Crippen LogP contribution >= 0.6 is 26.6 Å². The van der Waals surface area contributed by atoms with Gasteiger partial charge in [0.15, 0.2) is 5.82 Å². The molecule has 0 aliphatic rings. The predicted molar refractivity (Wildman–Crippen MR) is 81.2 cm³/mol. The number of nitrogens with zero attached hydrogens (tertiary/aromatic N) is 3. The van der Waals surface area contributed by atoms with E-state index in [2.05, 4.69) is 26.1 Å². The Balaban J connectivity index is 2.62. The zero-order valence-electron chi connectivity index (χ0n) is 11.0. The monoisotopic (exact) mass is 377 g/mol. The van der Waals surface area contributed by atoms with Crippen molar-refractivity contribution in [3.05, 3.63) is 28.2 Å². The van der Waals surface area contributed by atoms with Crippen LogP contribution in [0, 0.1) is 6.92 Å². The Morgan fingerprint density at radius 1 is 1.35 bits per heavy atom. The van der Waals surface area contributed by atoms with Crippen molar-refractivity contribution >= 4 is 35.7 Å². The summed E-state index contributed by atoms with van der Waals surface area (Å²) < 4.78 is 25.5. The van der Waals surface area contributed by atoms with Gasteiger partial charge >= 0.3 is 0 Å². The molecule has 0 aliphatic heterocycles. The van der Waals surface area contributed by atoms with Gasteiger partial charge in [-0.05, 0) is 25.0 Å². The van der Waals surface area contributed by atoms with Gasteiger partial charge in [0.1, 0.15) is 0 Å². The zero-order valence-corrected chi connectivity index (χ0v) is 14.1. The van der Waals surface area contributed by atoms with E-state index < -0.39 is 9.05 Å². The second-order valence-electron chi connectivity index (χ2n) is 4.36. The Labute approximate surface area is 130 Å². The molecule has 0 atom stereocenters. The van der Waals surface area contributed by atoms with Gasteiger partial charge in [-0.25, -0.2) is 8.42 Å². The maximum absolute atomic E-state index is 11.5. The summed E-state index contributed by atoms with van der Waals surface area (Å²) in [6.07, 6.45) is 0.747. The molecule has 0 aliphatic carbocycles. The van der Waals surface area contributed by atoms with Gasteiger partial charge in [-0.15, -0.1) is 10.2 Å². The molecule has 0 saturated heterocycles. The van der Waals surface area contributed by atoms with Crippen LogP contribution in [0.2, 0.25) is 0 Å². The largest absolute Gasteiger partial charge is 0.297 e. The van der Waals surface area contributed by atoms with E-state index in [-0.39, 0.29) is 5.16 Å². The summed E-state index contributed by atoms with van der Waals surface area (Å²) in [6, 6.07) is 5.69. The SMILES string of the molecule is CCCn1c(-c2ccc(C)c(Br)c2)nnc1S(=O)(=O)Cl. The average molecular weight is 379 g/mol. The third kappa shape index (κ3) is 3.05. The number of aryl methyl sites for hydroxylation is 1. The first kappa shape index (κ1) is 15.5. The maximum Gasteiger partial charge on any atom is 0.296 e. The van der Waals surface area contributed by atoms with Gasteiger partial charge in [-0.3, -0.25) is 4.57 Å². The lowest BCUT2D eigenvalue weighted by Gasteiger charge is -2.08. The molecule has 2 aromatic rings. The van der Waals surface area contributed by atoms with Gasteiger partial charge in [-0.1, -0.05) is 35.0 Å². The Bertz CT molecular complexity index is 743. The minimum atomic E-state index is -3.91. The van der Waals surface area contributed by atoms with Crippen molar-refractivity contribution in [3.8, 4) is 11.4 Å². The number of rotatable bonds is 4. The molecule has 0 unspecified atom stereocenters. The zero-order chi connectivity index (χ0) is 14.9. The second-order valence-corrected chi connectivity index (χ2v) is 7.67. The average Bonchev–Trinajstić information content (AvgIpc) is 2.77. The molecule has 8 heteroatoms. The van der Waals surface area contributed by atoms with Crippen molar-refractivity contribution in [1.29, 1.82) is 0 Å². The molecule has 0 bridgehead atoms. The Hall–Kier alpha value is -0.920. The lowest BCUT2D eigenvalue weighted by molar-refractivity contribution is 0.570. The lowest BCUT2D eigenvalue weighted by Crippen LogP contribution is -2.07. The molecule has 0 fully saturated rings. The van der Waals surface area contributed by atoms with E-state index >= 15 is 0 Å². The molecule has 1 heterocycles. The van der Waals surface area contributed by atoms with Gasteiger partial charge in [-0.2, -0.15) is 0 Å². The summed E-state index contributed by atoms with van der Waals surface area (Å²) in [6.45, 7) is 4.40. The van der Waals surface area contributed by atoms with E-state index in [9.17, 15) is 8.42 Å². The molecule has 5 nitrogen and oxygen atoms in total. The van der Waals surface area contributed by atoms with Crippen LogP contribution in [0.3, 0.4) is 0 Å². The molecule has 108 valence electrons. The molecule has 0 spiro atoms. The molecule has 20 heavy (non-hydrogen) atoms. The van der Waals surface area contributed by atoms with Crippen LogP contribution in [0.4, 0.5) is 0 Å². The molecule has 0 radical (unpaired) electrons. The summed E-state index contributed by atoms with van der Waals surface area (Å²) in [5, 5.41) is 7.47. The third-order valence-corrected chi connectivity index (χ3v) is 4.82. The molecule has 0 amide bonds. The first-order valence-electron chi connectivity index (χ1n) is 5.99. The molecule has 0 saturated carbocycles. The molecular weight excluding hydrogens is 366 g/mol. The molecule has 1 aromatic carbocycles. The van der Waals surface area contributed by atoms with Crippen LogP contribution in [-0.2, 0) is 15.6 Å². The smallest absolute Gasteiger partial charge is 0.296 e. The van der Waals surface area contributed by atoms with Crippen molar-refractivity contribution in [3.63, 3.8) is 0 Å². The normalized spacial score (nSPS) is 11.8. The molecule has 2 rings (SSSR count). The topological polar surface area (TPSA) is 64.8 Å². The number of halogens is 2. The quantitative estimate of drug-likeness (QED) is 0.765. The first-order valence-corrected chi connectivity index (χ1v) is 9.09. The summed E-state index contributed by atoms with van der Waals surface area (Å²) in [5.74, 6) is 0.492. The molecule has 0 N–H and O–H groups in total. The van der Waals surface area contributed by atoms with Crippen LogP contribution in [0.5, 0.6) is 0 Å². The molecular formula is C12H13BrClN3O2S. The fourth-order valence-corrected chi connectivity index (χ4v) is 3.14. The van der Waals surface area contributed by atoms with Gasteiger partial charge in [0.25, 0.3) is 14.2 Å². The van der Waals surface area contributed by atoms with Crippen molar-refractivity contribution < 1.29 is 8.42 Å². The van der Waals surface area contributed by atoms with Gasteiger partial charge in [0.2, 0.25) is 0 Å². The number of aromatic nitrogens is 3. The Kier molecular flexibility index (Phi) is 4.51. The fraction of sp³-hybridized carbons (Fsp3) is 0.333. The highest BCUT2D eigenvalue weighted by atomic mass is 79.9.